The number of hydrogen-bond acceptors (Lipinski definition) is 4. The summed E-state index contributed by atoms with van der Waals surface area (Å²) in [6.45, 7) is 13.8. The molecule has 0 saturated carbocycles. The molecular weight excluding hydrogens is 268 g/mol. The van der Waals surface area contributed by atoms with Crippen LogP contribution in [0.3, 0.4) is 0 Å². The zero-order valence-electron chi connectivity index (χ0n) is 15.2. The largest absolute Gasteiger partial charge is 0.466 e. The van der Waals surface area contributed by atoms with Crippen LogP contribution in [0.4, 0.5) is 0 Å². The van der Waals surface area contributed by atoms with Crippen LogP contribution in [0, 0.1) is 0 Å². The van der Waals surface area contributed by atoms with Crippen LogP contribution in [0.1, 0.15) is 87.0 Å². The van der Waals surface area contributed by atoms with E-state index in [4.69, 9.17) is 4.74 Å². The molecule has 0 aliphatic rings. The van der Waals surface area contributed by atoms with Gasteiger partial charge in [0.25, 0.3) is 0 Å². The van der Waals surface area contributed by atoms with Crippen LogP contribution in [0.25, 0.3) is 0 Å². The SMILES string of the molecule is CCC(C)OC(C)=O.CCCCC.CCCCOC(C)=O. The van der Waals surface area contributed by atoms with Crippen molar-refractivity contribution < 1.29 is 19.1 Å². The Kier molecular flexibility index (Phi) is 25.2. The van der Waals surface area contributed by atoms with Gasteiger partial charge in [0, 0.05) is 13.8 Å². The molecule has 0 aromatic rings. The quantitative estimate of drug-likeness (QED) is 0.496. The Morgan fingerprint density at radius 3 is 1.52 bits per heavy atom. The van der Waals surface area contributed by atoms with Gasteiger partial charge in [0.05, 0.1) is 12.7 Å². The highest BCUT2D eigenvalue weighted by Crippen LogP contribution is 1.94. The summed E-state index contributed by atoms with van der Waals surface area (Å²) in [5.41, 5.74) is 0. The molecule has 4 heteroatoms. The fourth-order valence-corrected chi connectivity index (χ4v) is 1.08. The van der Waals surface area contributed by atoms with Crippen LogP contribution in [0.2, 0.25) is 0 Å². The highest BCUT2D eigenvalue weighted by Gasteiger charge is 1.99. The summed E-state index contributed by atoms with van der Waals surface area (Å²) in [6.07, 6.45) is 7.09. The van der Waals surface area contributed by atoms with E-state index in [2.05, 4.69) is 25.5 Å². The molecule has 4 nitrogen and oxygen atoms in total. The van der Waals surface area contributed by atoms with Crippen molar-refractivity contribution in [1.82, 2.24) is 0 Å². The molecule has 1 unspecified atom stereocenters. The molecule has 21 heavy (non-hydrogen) atoms. The van der Waals surface area contributed by atoms with Gasteiger partial charge in [0.15, 0.2) is 0 Å². The lowest BCUT2D eigenvalue weighted by molar-refractivity contribution is -0.145. The van der Waals surface area contributed by atoms with E-state index in [1.165, 1.54) is 33.1 Å². The third-order valence-electron chi connectivity index (χ3n) is 2.45. The predicted octanol–water partition coefficient (Wildman–Crippen LogP) is 4.89. The van der Waals surface area contributed by atoms with E-state index in [0.29, 0.717) is 6.61 Å². The first kappa shape index (κ1) is 24.9. The average Bonchev–Trinajstić information content (AvgIpc) is 2.40. The molecule has 0 aliphatic heterocycles. The lowest BCUT2D eigenvalue weighted by Crippen LogP contribution is -2.09. The van der Waals surface area contributed by atoms with Crippen LogP contribution in [0.5, 0.6) is 0 Å². The van der Waals surface area contributed by atoms with E-state index in [1.54, 1.807) is 0 Å². The van der Waals surface area contributed by atoms with E-state index < -0.39 is 0 Å². The van der Waals surface area contributed by atoms with Crippen molar-refractivity contribution in [2.24, 2.45) is 0 Å². The van der Waals surface area contributed by atoms with Gasteiger partial charge in [-0.25, -0.2) is 0 Å². The second-order valence-corrected chi connectivity index (χ2v) is 4.88. The fraction of sp³-hybridized carbons (Fsp3) is 0.882. The van der Waals surface area contributed by atoms with Gasteiger partial charge in [0.2, 0.25) is 0 Å². The molecule has 1 atom stereocenters. The Hall–Kier alpha value is -1.06. The van der Waals surface area contributed by atoms with Crippen molar-refractivity contribution in [3.8, 4) is 0 Å². The number of carbonyl (C=O) groups is 2. The number of carbonyl (C=O) groups excluding carboxylic acids is 2. The lowest BCUT2D eigenvalue weighted by Gasteiger charge is -2.06. The van der Waals surface area contributed by atoms with E-state index in [1.807, 2.05) is 13.8 Å². The van der Waals surface area contributed by atoms with Crippen molar-refractivity contribution in [3.05, 3.63) is 0 Å². The summed E-state index contributed by atoms with van der Waals surface area (Å²) in [6, 6.07) is 0. The summed E-state index contributed by atoms with van der Waals surface area (Å²) in [5, 5.41) is 0. The van der Waals surface area contributed by atoms with Crippen LogP contribution < -0.4 is 0 Å². The van der Waals surface area contributed by atoms with Crippen molar-refractivity contribution >= 4 is 11.9 Å². The first-order valence-electron chi connectivity index (χ1n) is 8.15. The maximum absolute atomic E-state index is 10.2. The van der Waals surface area contributed by atoms with Crippen molar-refractivity contribution in [2.45, 2.75) is 93.1 Å². The van der Waals surface area contributed by atoms with Crippen molar-refractivity contribution in [3.63, 3.8) is 0 Å². The highest BCUT2D eigenvalue weighted by atomic mass is 16.5. The van der Waals surface area contributed by atoms with Crippen LogP contribution in [-0.4, -0.2) is 24.6 Å². The number of unbranched alkanes of at least 4 members (excludes halogenated alkanes) is 3. The third-order valence-corrected chi connectivity index (χ3v) is 2.45. The minimum absolute atomic E-state index is 0.0764. The molecule has 0 N–H and O–H groups in total. The molecule has 0 heterocycles. The zero-order chi connectivity index (χ0) is 17.1. The molecule has 0 radical (unpaired) electrons. The normalized spacial score (nSPS) is 10.2. The monoisotopic (exact) mass is 304 g/mol. The molecule has 0 spiro atoms. The van der Waals surface area contributed by atoms with E-state index in [9.17, 15) is 9.59 Å². The van der Waals surface area contributed by atoms with E-state index in [0.717, 1.165) is 19.3 Å². The van der Waals surface area contributed by atoms with Crippen molar-refractivity contribution in [2.75, 3.05) is 6.61 Å². The molecule has 0 fully saturated rings. The maximum Gasteiger partial charge on any atom is 0.302 e. The Morgan fingerprint density at radius 1 is 0.857 bits per heavy atom. The molecule has 128 valence electrons. The molecule has 0 saturated heterocycles. The first-order valence-corrected chi connectivity index (χ1v) is 8.15. The van der Waals surface area contributed by atoms with Gasteiger partial charge in [-0.3, -0.25) is 9.59 Å². The van der Waals surface area contributed by atoms with E-state index >= 15 is 0 Å². The average molecular weight is 304 g/mol. The lowest BCUT2D eigenvalue weighted by atomic mass is 10.3. The predicted molar refractivity (Wildman–Crippen MR) is 88.3 cm³/mol. The molecular formula is C17H36O4. The Labute approximate surface area is 131 Å². The second-order valence-electron chi connectivity index (χ2n) is 4.88. The van der Waals surface area contributed by atoms with Gasteiger partial charge in [0.1, 0.15) is 0 Å². The summed E-state index contributed by atoms with van der Waals surface area (Å²) in [4.78, 5) is 20.3. The molecule has 0 amide bonds. The number of ether oxygens (including phenoxy) is 2. The molecule has 0 rings (SSSR count). The molecule has 0 bridgehead atoms. The standard InChI is InChI=1S/2C6H12O2.C5H12/c1-4-5(2)8-6(3)7;1-3-4-5-8-6(2)7;1-3-5-4-2/h5H,4H2,1-3H3;3-5H2,1-2H3;3-5H2,1-2H3. The second kappa shape index (κ2) is 21.2. The highest BCUT2D eigenvalue weighted by molar-refractivity contribution is 5.66. The van der Waals surface area contributed by atoms with Gasteiger partial charge in [-0.1, -0.05) is 53.4 Å². The summed E-state index contributed by atoms with van der Waals surface area (Å²) < 4.78 is 9.40. The fourth-order valence-electron chi connectivity index (χ4n) is 1.08. The zero-order valence-corrected chi connectivity index (χ0v) is 15.2. The number of esters is 2. The van der Waals surface area contributed by atoms with Gasteiger partial charge < -0.3 is 9.47 Å². The van der Waals surface area contributed by atoms with Crippen LogP contribution in [-0.2, 0) is 19.1 Å². The Bertz CT molecular complexity index is 225. The number of rotatable bonds is 7. The van der Waals surface area contributed by atoms with E-state index in [-0.39, 0.29) is 18.0 Å². The van der Waals surface area contributed by atoms with Gasteiger partial charge in [-0.15, -0.1) is 0 Å². The minimum atomic E-state index is -0.195. The van der Waals surface area contributed by atoms with Gasteiger partial charge in [-0.2, -0.15) is 0 Å². The van der Waals surface area contributed by atoms with Gasteiger partial charge >= 0.3 is 11.9 Å². The Morgan fingerprint density at radius 2 is 1.33 bits per heavy atom. The third kappa shape index (κ3) is 38.1. The molecule has 0 aromatic carbocycles. The van der Waals surface area contributed by atoms with Gasteiger partial charge in [-0.05, 0) is 19.8 Å². The summed E-state index contributed by atoms with van der Waals surface area (Å²) in [7, 11) is 0. The minimum Gasteiger partial charge on any atom is -0.466 e. The summed E-state index contributed by atoms with van der Waals surface area (Å²) in [5.74, 6) is -0.377. The first-order chi connectivity index (χ1) is 9.85. The number of hydrogen-bond donors (Lipinski definition) is 0. The topological polar surface area (TPSA) is 52.6 Å². The van der Waals surface area contributed by atoms with Crippen molar-refractivity contribution in [1.29, 1.82) is 0 Å². The molecule has 0 aromatic heterocycles. The van der Waals surface area contributed by atoms with Crippen LogP contribution in [0.15, 0.2) is 0 Å². The smallest absolute Gasteiger partial charge is 0.302 e. The summed E-state index contributed by atoms with van der Waals surface area (Å²) >= 11 is 0. The Balaban J connectivity index is -0.000000239. The van der Waals surface area contributed by atoms with Crippen LogP contribution >= 0.6 is 0 Å². The molecule has 0 aliphatic carbocycles. The maximum atomic E-state index is 10.2.